The van der Waals surface area contributed by atoms with Gasteiger partial charge in [-0.1, -0.05) is 47.5 Å². The fourth-order valence-electron chi connectivity index (χ4n) is 3.90. The maximum absolute atomic E-state index is 13.5. The standard InChI is InChI=1S/C26H22Cl2N2O5S/c1-2-14-30(21-10-8-20(27)9-11-21)36(33,34)24-16-19(7-12-22(24)28)26(32)35-17-25(31)29-15-13-18-5-3-4-6-23(18)29/h2-12,16H,1,13-15,17H2. The van der Waals surface area contributed by atoms with Crippen LogP contribution in [0.15, 0.2) is 84.3 Å². The van der Waals surface area contributed by atoms with Gasteiger partial charge in [-0.3, -0.25) is 9.10 Å². The van der Waals surface area contributed by atoms with Gasteiger partial charge in [0, 0.05) is 17.3 Å². The van der Waals surface area contributed by atoms with Crippen molar-refractivity contribution in [2.45, 2.75) is 11.3 Å². The van der Waals surface area contributed by atoms with E-state index in [9.17, 15) is 18.0 Å². The third-order valence-corrected chi connectivity index (χ3v) is 8.19. The van der Waals surface area contributed by atoms with Gasteiger partial charge in [0.15, 0.2) is 6.61 Å². The molecule has 186 valence electrons. The van der Waals surface area contributed by atoms with Crippen molar-refractivity contribution in [1.82, 2.24) is 0 Å². The third kappa shape index (κ3) is 5.26. The number of amides is 1. The van der Waals surface area contributed by atoms with Crippen LogP contribution in [-0.2, 0) is 26.0 Å². The van der Waals surface area contributed by atoms with Crippen LogP contribution >= 0.6 is 23.2 Å². The molecule has 0 fully saturated rings. The van der Waals surface area contributed by atoms with Crippen LogP contribution in [0.4, 0.5) is 11.4 Å². The Hall–Kier alpha value is -3.33. The topological polar surface area (TPSA) is 84.0 Å². The van der Waals surface area contributed by atoms with Gasteiger partial charge in [-0.15, -0.1) is 6.58 Å². The number of carbonyl (C=O) groups excluding carboxylic acids is 2. The van der Waals surface area contributed by atoms with E-state index in [1.165, 1.54) is 18.2 Å². The summed E-state index contributed by atoms with van der Waals surface area (Å²) in [5.41, 5.74) is 2.14. The Morgan fingerprint density at radius 1 is 1.06 bits per heavy atom. The van der Waals surface area contributed by atoms with Crippen LogP contribution in [0.25, 0.3) is 0 Å². The quantitative estimate of drug-likeness (QED) is 0.290. The van der Waals surface area contributed by atoms with Crippen molar-refractivity contribution in [3.63, 3.8) is 0 Å². The number of hydrogen-bond donors (Lipinski definition) is 0. The van der Waals surface area contributed by atoms with Gasteiger partial charge in [0.05, 0.1) is 22.8 Å². The number of esters is 1. The number of para-hydroxylation sites is 1. The number of nitrogens with zero attached hydrogens (tertiary/aromatic N) is 2. The first-order chi connectivity index (χ1) is 17.2. The minimum atomic E-state index is -4.19. The highest BCUT2D eigenvalue weighted by atomic mass is 35.5. The minimum absolute atomic E-state index is 0.0409. The van der Waals surface area contributed by atoms with E-state index in [0.29, 0.717) is 17.3 Å². The second-order valence-electron chi connectivity index (χ2n) is 7.95. The molecule has 0 radical (unpaired) electrons. The number of hydrogen-bond acceptors (Lipinski definition) is 5. The highest BCUT2D eigenvalue weighted by Gasteiger charge is 2.29. The van der Waals surface area contributed by atoms with Crippen LogP contribution in [0, 0.1) is 0 Å². The number of anilines is 2. The summed E-state index contributed by atoms with van der Waals surface area (Å²) in [6, 6.07) is 17.6. The minimum Gasteiger partial charge on any atom is -0.452 e. The number of ether oxygens (including phenoxy) is 1. The molecule has 0 saturated heterocycles. The number of sulfonamides is 1. The van der Waals surface area contributed by atoms with E-state index >= 15 is 0 Å². The number of carbonyl (C=O) groups is 2. The molecule has 0 aromatic heterocycles. The van der Waals surface area contributed by atoms with Crippen LogP contribution < -0.4 is 9.21 Å². The summed E-state index contributed by atoms with van der Waals surface area (Å²) in [5, 5.41) is 0.378. The molecule has 1 aliphatic rings. The van der Waals surface area contributed by atoms with Gasteiger partial charge in [0.1, 0.15) is 4.90 Å². The van der Waals surface area contributed by atoms with Gasteiger partial charge in [-0.05, 0) is 60.5 Å². The van der Waals surface area contributed by atoms with E-state index < -0.39 is 22.6 Å². The molecule has 0 atom stereocenters. The summed E-state index contributed by atoms with van der Waals surface area (Å²) < 4.78 is 33.3. The van der Waals surface area contributed by atoms with Crippen molar-refractivity contribution in [3.8, 4) is 0 Å². The lowest BCUT2D eigenvalue weighted by atomic mass is 10.2. The van der Waals surface area contributed by atoms with E-state index in [1.807, 2.05) is 24.3 Å². The SMILES string of the molecule is C=CCN(c1ccc(Cl)cc1)S(=O)(=O)c1cc(C(=O)OCC(=O)N2CCc3ccccc32)ccc1Cl. The monoisotopic (exact) mass is 544 g/mol. The Kier molecular flexibility index (Phi) is 7.68. The van der Waals surface area contributed by atoms with Gasteiger partial charge in [-0.25, -0.2) is 13.2 Å². The first-order valence-corrected chi connectivity index (χ1v) is 13.2. The van der Waals surface area contributed by atoms with Gasteiger partial charge in [0.25, 0.3) is 15.9 Å². The number of halogens is 2. The molecular formula is C26H22Cl2N2O5S. The molecule has 0 N–H and O–H groups in total. The van der Waals surface area contributed by atoms with E-state index in [0.717, 1.165) is 28.0 Å². The lowest BCUT2D eigenvalue weighted by Gasteiger charge is -2.24. The zero-order valence-electron chi connectivity index (χ0n) is 19.1. The fourth-order valence-corrected chi connectivity index (χ4v) is 5.96. The molecule has 0 spiro atoms. The normalized spacial score (nSPS) is 12.7. The smallest absolute Gasteiger partial charge is 0.338 e. The molecular weight excluding hydrogens is 523 g/mol. The largest absolute Gasteiger partial charge is 0.452 e. The average molecular weight is 545 g/mol. The molecule has 10 heteroatoms. The predicted molar refractivity (Wildman–Crippen MR) is 140 cm³/mol. The van der Waals surface area contributed by atoms with Gasteiger partial charge in [-0.2, -0.15) is 0 Å². The summed E-state index contributed by atoms with van der Waals surface area (Å²) in [5.74, 6) is -1.21. The number of rotatable bonds is 8. The number of fused-ring (bicyclic) bond motifs is 1. The molecule has 0 saturated carbocycles. The molecule has 1 amide bonds. The molecule has 4 rings (SSSR count). The summed E-state index contributed by atoms with van der Waals surface area (Å²) in [6.45, 7) is 3.61. The molecule has 0 unspecified atom stereocenters. The van der Waals surface area contributed by atoms with Crippen molar-refractivity contribution >= 4 is 56.5 Å². The van der Waals surface area contributed by atoms with Crippen molar-refractivity contribution < 1.29 is 22.7 Å². The van der Waals surface area contributed by atoms with E-state index in [-0.39, 0.29) is 27.9 Å². The highest BCUT2D eigenvalue weighted by Crippen LogP contribution is 2.31. The lowest BCUT2D eigenvalue weighted by molar-refractivity contribution is -0.121. The fraction of sp³-hybridized carbons (Fsp3) is 0.154. The summed E-state index contributed by atoms with van der Waals surface area (Å²) in [4.78, 5) is 26.7. The maximum Gasteiger partial charge on any atom is 0.338 e. The Balaban J connectivity index is 1.54. The molecule has 3 aromatic carbocycles. The molecule has 1 aliphatic heterocycles. The van der Waals surface area contributed by atoms with Crippen LogP contribution in [0.1, 0.15) is 15.9 Å². The van der Waals surface area contributed by atoms with Crippen molar-refractivity contribution in [1.29, 1.82) is 0 Å². The molecule has 0 aliphatic carbocycles. The zero-order valence-corrected chi connectivity index (χ0v) is 21.4. The molecule has 7 nitrogen and oxygen atoms in total. The third-order valence-electron chi connectivity index (χ3n) is 5.66. The van der Waals surface area contributed by atoms with E-state index in [2.05, 4.69) is 6.58 Å². The van der Waals surface area contributed by atoms with Crippen LogP contribution in [0.5, 0.6) is 0 Å². The van der Waals surface area contributed by atoms with Gasteiger partial charge in [0.2, 0.25) is 0 Å². The van der Waals surface area contributed by atoms with Gasteiger partial charge < -0.3 is 9.64 Å². The van der Waals surface area contributed by atoms with E-state index in [4.69, 9.17) is 27.9 Å². The highest BCUT2D eigenvalue weighted by molar-refractivity contribution is 7.93. The van der Waals surface area contributed by atoms with Crippen molar-refractivity contribution in [2.24, 2.45) is 0 Å². The molecule has 0 bridgehead atoms. The second-order valence-corrected chi connectivity index (χ2v) is 10.6. The van der Waals surface area contributed by atoms with Gasteiger partial charge >= 0.3 is 5.97 Å². The lowest BCUT2D eigenvalue weighted by Crippen LogP contribution is -2.33. The maximum atomic E-state index is 13.5. The zero-order chi connectivity index (χ0) is 25.9. The summed E-state index contributed by atoms with van der Waals surface area (Å²) >= 11 is 12.2. The van der Waals surface area contributed by atoms with Crippen molar-refractivity contribution in [2.75, 3.05) is 28.9 Å². The van der Waals surface area contributed by atoms with Crippen LogP contribution in [-0.4, -0.2) is 40.0 Å². The van der Waals surface area contributed by atoms with Crippen LogP contribution in [0.3, 0.4) is 0 Å². The molecule has 1 heterocycles. The summed E-state index contributed by atoms with van der Waals surface area (Å²) in [6.07, 6.45) is 2.16. The first-order valence-electron chi connectivity index (χ1n) is 11.0. The summed E-state index contributed by atoms with van der Waals surface area (Å²) in [7, 11) is -4.19. The molecule has 36 heavy (non-hydrogen) atoms. The Labute approximate surface area is 219 Å². The Bertz CT molecular complexity index is 1420. The average Bonchev–Trinajstić information content (AvgIpc) is 3.31. The second kappa shape index (κ2) is 10.7. The Morgan fingerprint density at radius 2 is 1.78 bits per heavy atom. The van der Waals surface area contributed by atoms with Crippen molar-refractivity contribution in [3.05, 3.63) is 101 Å². The van der Waals surface area contributed by atoms with Crippen LogP contribution in [0.2, 0.25) is 10.0 Å². The molecule has 3 aromatic rings. The number of benzene rings is 3. The Morgan fingerprint density at radius 3 is 2.50 bits per heavy atom. The first kappa shape index (κ1) is 25.8. The van der Waals surface area contributed by atoms with E-state index in [1.54, 1.807) is 29.2 Å². The predicted octanol–water partition coefficient (Wildman–Crippen LogP) is 5.12.